The number of ether oxygens (including phenoxy) is 2. The van der Waals surface area contributed by atoms with Crippen molar-refractivity contribution >= 4 is 31.1 Å². The smallest absolute Gasteiger partial charge is 0.229 e. The van der Waals surface area contributed by atoms with Crippen LogP contribution in [0.1, 0.15) is 55.8 Å². The minimum atomic E-state index is -1.47. The van der Waals surface area contributed by atoms with Crippen LogP contribution >= 0.6 is 11.3 Å². The van der Waals surface area contributed by atoms with E-state index in [2.05, 4.69) is 100 Å². The summed E-state index contributed by atoms with van der Waals surface area (Å²) in [6, 6.07) is 19.3. The van der Waals surface area contributed by atoms with Crippen molar-refractivity contribution in [3.63, 3.8) is 0 Å². The molecular weight excluding hydrogens is 482 g/mol. The molecule has 0 amide bonds. The molecule has 4 rings (SSSR count). The number of methoxy groups -OCH3 is 1. The van der Waals surface area contributed by atoms with Crippen LogP contribution in [-0.4, -0.2) is 21.1 Å². The fraction of sp³-hybridized carbons (Fsp3) is 0.367. The largest absolute Gasteiger partial charge is 0.544 e. The highest BCUT2D eigenvalue weighted by molar-refractivity contribution is 7.09. The van der Waals surface area contributed by atoms with Gasteiger partial charge in [0.15, 0.2) is 11.5 Å². The number of hydrogen-bond acceptors (Lipinski definition) is 5. The molecule has 4 aromatic rings. The summed E-state index contributed by atoms with van der Waals surface area (Å²) in [6.45, 7) is 13.6. The lowest BCUT2D eigenvalue weighted by atomic mass is 9.81. The molecule has 0 spiro atoms. The summed E-state index contributed by atoms with van der Waals surface area (Å²) in [5.41, 5.74) is 2.49. The van der Waals surface area contributed by atoms with E-state index in [1.807, 2.05) is 11.6 Å². The molecule has 1 aromatic heterocycles. The van der Waals surface area contributed by atoms with E-state index in [1.54, 1.807) is 18.4 Å². The minimum Gasteiger partial charge on any atom is -0.544 e. The second-order valence-electron chi connectivity index (χ2n) is 10.5. The lowest BCUT2D eigenvalue weighted by Gasteiger charge is -2.34. The van der Waals surface area contributed by atoms with Crippen molar-refractivity contribution in [1.29, 1.82) is 0 Å². The molecule has 0 saturated carbocycles. The Morgan fingerprint density at radius 3 is 2.33 bits per heavy atom. The molecule has 4 nitrogen and oxygen atoms in total. The first-order valence-electron chi connectivity index (χ1n) is 12.6. The van der Waals surface area contributed by atoms with Crippen molar-refractivity contribution in [3.8, 4) is 11.5 Å². The van der Waals surface area contributed by atoms with Crippen molar-refractivity contribution in [2.75, 3.05) is 7.11 Å². The highest BCUT2D eigenvalue weighted by Crippen LogP contribution is 2.48. The zero-order valence-electron chi connectivity index (χ0n) is 22.4. The van der Waals surface area contributed by atoms with Crippen LogP contribution in [0, 0.1) is 0 Å². The van der Waals surface area contributed by atoms with Crippen LogP contribution in [-0.2, 0) is 22.4 Å². The van der Waals surface area contributed by atoms with Gasteiger partial charge in [0.2, 0.25) is 9.04 Å². The predicted octanol–water partition coefficient (Wildman–Crippen LogP) is 7.84. The summed E-state index contributed by atoms with van der Waals surface area (Å²) in [7, 11) is 0.296. The van der Waals surface area contributed by atoms with E-state index in [4.69, 9.17) is 13.9 Å². The van der Waals surface area contributed by atoms with Crippen LogP contribution in [0.25, 0.3) is 10.8 Å². The van der Waals surface area contributed by atoms with Crippen LogP contribution in [0.3, 0.4) is 0 Å². The van der Waals surface area contributed by atoms with Crippen molar-refractivity contribution < 1.29 is 13.9 Å². The lowest BCUT2D eigenvalue weighted by Crippen LogP contribution is -2.31. The van der Waals surface area contributed by atoms with Gasteiger partial charge >= 0.3 is 0 Å². The summed E-state index contributed by atoms with van der Waals surface area (Å²) in [4.78, 5) is 4.68. The molecule has 1 atom stereocenters. The van der Waals surface area contributed by atoms with Crippen molar-refractivity contribution in [2.24, 2.45) is 0 Å². The number of rotatable bonds is 9. The maximum absolute atomic E-state index is 6.62. The normalized spacial score (nSPS) is 13.7. The van der Waals surface area contributed by atoms with Gasteiger partial charge in [0.1, 0.15) is 17.2 Å². The molecule has 0 saturated heterocycles. The first-order valence-corrected chi connectivity index (χ1v) is 16.2. The molecule has 6 heteroatoms. The predicted molar refractivity (Wildman–Crippen MR) is 153 cm³/mol. The van der Waals surface area contributed by atoms with E-state index in [0.717, 1.165) is 34.1 Å². The molecule has 0 aliphatic carbocycles. The van der Waals surface area contributed by atoms with Gasteiger partial charge in [0.05, 0.1) is 0 Å². The Labute approximate surface area is 221 Å². The van der Waals surface area contributed by atoms with E-state index >= 15 is 0 Å². The molecule has 190 valence electrons. The van der Waals surface area contributed by atoms with Gasteiger partial charge in [-0.1, -0.05) is 64.1 Å². The molecule has 1 unspecified atom stereocenters. The lowest BCUT2D eigenvalue weighted by molar-refractivity contribution is 0.0168. The van der Waals surface area contributed by atoms with Gasteiger partial charge in [-0.2, -0.15) is 0 Å². The summed E-state index contributed by atoms with van der Waals surface area (Å²) >= 11 is 1.61. The average molecular weight is 520 g/mol. The molecule has 0 bridgehead atoms. The monoisotopic (exact) mass is 519 g/mol. The third-order valence-corrected chi connectivity index (χ3v) is 8.17. The van der Waals surface area contributed by atoms with E-state index in [-0.39, 0.29) is 5.41 Å². The number of nitrogens with zero attached hydrogens (tertiary/aromatic N) is 1. The summed E-state index contributed by atoms with van der Waals surface area (Å²) in [5, 5.41) is 5.36. The number of hydrogen-bond donors (Lipinski definition) is 0. The van der Waals surface area contributed by atoms with E-state index in [9.17, 15) is 0 Å². The molecule has 3 aromatic carbocycles. The quantitative estimate of drug-likeness (QED) is 0.211. The van der Waals surface area contributed by atoms with Gasteiger partial charge in [-0.05, 0) is 65.0 Å². The summed E-state index contributed by atoms with van der Waals surface area (Å²) in [5.74, 6) is 1.54. The van der Waals surface area contributed by atoms with Crippen LogP contribution in [0.15, 0.2) is 66.2 Å². The fourth-order valence-corrected chi connectivity index (χ4v) is 6.13. The van der Waals surface area contributed by atoms with Crippen molar-refractivity contribution in [3.05, 3.63) is 87.9 Å². The van der Waals surface area contributed by atoms with Crippen LogP contribution in [0.4, 0.5) is 0 Å². The first-order chi connectivity index (χ1) is 17.2. The molecule has 0 aliphatic heterocycles. The number of fused-ring (bicyclic) bond motifs is 1. The summed E-state index contributed by atoms with van der Waals surface area (Å²) in [6.07, 6.45) is 2.57. The average Bonchev–Trinajstić information content (AvgIpc) is 3.39. The number of aromatic nitrogens is 1. The Morgan fingerprint density at radius 1 is 0.972 bits per heavy atom. The Bertz CT molecular complexity index is 1310. The topological polar surface area (TPSA) is 40.6 Å². The Hall–Kier alpha value is -2.67. The standard InChI is InChI=1S/C30H37NO3SSi/c1-8-30(32-5,28-31-15-16-35-28)25-18-24(29(2,3)4)19-26(27(25)34-36(6)7)33-20-21-13-14-22-11-9-10-12-23(22)17-21/h9-19,36H,8,20H2,1-7H3. The van der Waals surface area contributed by atoms with E-state index in [0.29, 0.717) is 6.61 Å². The molecular formula is C30H37NO3SSi. The van der Waals surface area contributed by atoms with Crippen LogP contribution in [0.5, 0.6) is 11.5 Å². The van der Waals surface area contributed by atoms with E-state index < -0.39 is 14.6 Å². The van der Waals surface area contributed by atoms with Crippen molar-refractivity contribution in [2.45, 2.75) is 64.8 Å². The van der Waals surface area contributed by atoms with Gasteiger partial charge < -0.3 is 13.9 Å². The fourth-order valence-electron chi connectivity index (χ4n) is 4.51. The molecule has 0 aliphatic rings. The van der Waals surface area contributed by atoms with Gasteiger partial charge in [0.25, 0.3) is 0 Å². The highest BCUT2D eigenvalue weighted by atomic mass is 32.1. The van der Waals surface area contributed by atoms with Crippen LogP contribution in [0.2, 0.25) is 13.1 Å². The van der Waals surface area contributed by atoms with Crippen molar-refractivity contribution in [1.82, 2.24) is 4.98 Å². The van der Waals surface area contributed by atoms with Gasteiger partial charge in [-0.25, -0.2) is 4.98 Å². The maximum atomic E-state index is 6.62. The zero-order chi connectivity index (χ0) is 25.9. The van der Waals surface area contributed by atoms with Crippen LogP contribution < -0.4 is 9.16 Å². The second-order valence-corrected chi connectivity index (χ2v) is 13.7. The van der Waals surface area contributed by atoms with Gasteiger partial charge in [-0.15, -0.1) is 11.3 Å². The molecule has 0 fully saturated rings. The second kappa shape index (κ2) is 10.7. The van der Waals surface area contributed by atoms with E-state index in [1.165, 1.54) is 16.3 Å². The zero-order valence-corrected chi connectivity index (χ0v) is 24.4. The SMILES string of the molecule is CCC(OC)(c1nccs1)c1cc(C(C)(C)C)cc(OCc2ccc3ccccc3c2)c1O[SiH](C)C. The summed E-state index contributed by atoms with van der Waals surface area (Å²) < 4.78 is 19.5. The Morgan fingerprint density at radius 2 is 1.72 bits per heavy atom. The first kappa shape index (κ1) is 26.4. The highest BCUT2D eigenvalue weighted by Gasteiger charge is 2.40. The third kappa shape index (κ3) is 5.36. The molecule has 1 heterocycles. The third-order valence-electron chi connectivity index (χ3n) is 6.54. The minimum absolute atomic E-state index is 0.0836. The number of thiazole rings is 1. The number of benzene rings is 3. The molecule has 36 heavy (non-hydrogen) atoms. The molecule has 0 radical (unpaired) electrons. The maximum Gasteiger partial charge on any atom is 0.229 e. The van der Waals surface area contributed by atoms with Gasteiger partial charge in [-0.3, -0.25) is 0 Å². The van der Waals surface area contributed by atoms with Gasteiger partial charge in [0, 0.05) is 24.3 Å². The Kier molecular flexibility index (Phi) is 7.88. The Balaban J connectivity index is 1.86. The molecule has 0 N–H and O–H groups in total.